The topological polar surface area (TPSA) is 64.8 Å². The zero-order valence-corrected chi connectivity index (χ0v) is 15.7. The molecule has 1 amide bonds. The average Bonchev–Trinajstić information content (AvgIpc) is 3.19. The largest absolute Gasteiger partial charge is 0.490 e. The molecule has 1 saturated heterocycles. The van der Waals surface area contributed by atoms with Crippen molar-refractivity contribution in [3.8, 4) is 17.4 Å². The monoisotopic (exact) mass is 378 g/mol. The first-order valence-corrected chi connectivity index (χ1v) is 9.38. The number of nitrogens with zero attached hydrogens (tertiary/aromatic N) is 2. The van der Waals surface area contributed by atoms with Crippen molar-refractivity contribution in [2.75, 3.05) is 13.1 Å². The number of ether oxygens (including phenoxy) is 2. The van der Waals surface area contributed by atoms with E-state index in [4.69, 9.17) is 13.9 Å². The van der Waals surface area contributed by atoms with Crippen LogP contribution in [0.15, 0.2) is 65.3 Å². The van der Waals surface area contributed by atoms with Crippen LogP contribution >= 0.6 is 0 Å². The molecular weight excluding hydrogens is 356 g/mol. The molecule has 1 aliphatic heterocycles. The van der Waals surface area contributed by atoms with E-state index >= 15 is 0 Å². The first kappa shape index (κ1) is 18.1. The lowest BCUT2D eigenvalue weighted by Gasteiger charge is -2.31. The van der Waals surface area contributed by atoms with Crippen LogP contribution in [0.25, 0.3) is 0 Å². The number of likely N-dealkylation sites (tertiary alicyclic amines) is 1. The minimum atomic E-state index is -0.124. The van der Waals surface area contributed by atoms with Crippen LogP contribution in [0.2, 0.25) is 0 Å². The third-order valence-corrected chi connectivity index (χ3v) is 4.75. The molecule has 144 valence electrons. The van der Waals surface area contributed by atoms with Crippen molar-refractivity contribution in [1.29, 1.82) is 0 Å². The molecule has 0 bridgehead atoms. The van der Waals surface area contributed by atoms with Crippen LogP contribution in [0, 0.1) is 6.92 Å². The van der Waals surface area contributed by atoms with Crippen LogP contribution in [-0.2, 0) is 0 Å². The van der Waals surface area contributed by atoms with E-state index in [2.05, 4.69) is 4.98 Å². The van der Waals surface area contributed by atoms with Crippen molar-refractivity contribution < 1.29 is 18.7 Å². The van der Waals surface area contributed by atoms with E-state index < -0.39 is 0 Å². The van der Waals surface area contributed by atoms with Gasteiger partial charge in [0.25, 0.3) is 11.9 Å². The van der Waals surface area contributed by atoms with Gasteiger partial charge in [0.15, 0.2) is 5.76 Å². The number of benzene rings is 1. The van der Waals surface area contributed by atoms with E-state index in [1.165, 1.54) is 0 Å². The number of rotatable bonds is 5. The van der Waals surface area contributed by atoms with Crippen LogP contribution in [0.3, 0.4) is 0 Å². The second-order valence-electron chi connectivity index (χ2n) is 6.78. The quantitative estimate of drug-likeness (QED) is 0.656. The minimum absolute atomic E-state index is 0.0960. The maximum Gasteiger partial charge on any atom is 0.290 e. The molecule has 6 nitrogen and oxygen atoms in total. The molecule has 0 N–H and O–H groups in total. The van der Waals surface area contributed by atoms with E-state index in [-0.39, 0.29) is 17.8 Å². The number of pyridine rings is 1. The molecule has 0 spiro atoms. The Morgan fingerprint density at radius 1 is 1.11 bits per heavy atom. The molecule has 1 fully saturated rings. The summed E-state index contributed by atoms with van der Waals surface area (Å²) in [5.41, 5.74) is 1.02. The summed E-state index contributed by atoms with van der Waals surface area (Å²) >= 11 is 0. The second kappa shape index (κ2) is 8.17. The molecule has 0 radical (unpaired) electrons. The zero-order valence-electron chi connectivity index (χ0n) is 15.7. The summed E-state index contributed by atoms with van der Waals surface area (Å²) in [6, 6.07) is 14.5. The zero-order chi connectivity index (χ0) is 19.3. The molecule has 0 atom stereocenters. The summed E-state index contributed by atoms with van der Waals surface area (Å²) in [7, 11) is 0. The number of para-hydroxylation sites is 1. The van der Waals surface area contributed by atoms with Gasteiger partial charge in [-0.3, -0.25) is 9.78 Å². The highest BCUT2D eigenvalue weighted by atomic mass is 16.6. The molecule has 6 heteroatoms. The Hall–Kier alpha value is -3.28. The lowest BCUT2D eigenvalue weighted by Crippen LogP contribution is -2.41. The number of aromatic nitrogens is 1. The number of hydrogen-bond acceptors (Lipinski definition) is 5. The van der Waals surface area contributed by atoms with Gasteiger partial charge in [-0.1, -0.05) is 18.2 Å². The number of carbonyl (C=O) groups excluding carboxylic acids is 1. The van der Waals surface area contributed by atoms with Crippen LogP contribution in [0.5, 0.6) is 17.4 Å². The second-order valence-corrected chi connectivity index (χ2v) is 6.78. The SMILES string of the molecule is Cc1cnccc1OC1CCN(C(=O)c2ccc(Oc3ccccc3)o2)CC1. The van der Waals surface area contributed by atoms with Gasteiger partial charge in [-0.2, -0.15) is 0 Å². The molecule has 1 aliphatic rings. The van der Waals surface area contributed by atoms with E-state index in [0.29, 0.717) is 24.8 Å². The maximum atomic E-state index is 12.7. The van der Waals surface area contributed by atoms with Crippen LogP contribution < -0.4 is 9.47 Å². The van der Waals surface area contributed by atoms with Gasteiger partial charge in [0.05, 0.1) is 0 Å². The smallest absolute Gasteiger partial charge is 0.290 e. The summed E-state index contributed by atoms with van der Waals surface area (Å²) in [4.78, 5) is 18.6. The third kappa shape index (κ3) is 4.17. The lowest BCUT2D eigenvalue weighted by molar-refractivity contribution is 0.0561. The number of piperidine rings is 1. The standard InChI is InChI=1S/C22H22N2O4/c1-16-15-23-12-9-19(16)26-18-10-13-24(14-11-18)22(25)20-7-8-21(28-20)27-17-5-3-2-4-6-17/h2-9,12,15,18H,10-11,13-14H2,1H3. The molecule has 3 heterocycles. The van der Waals surface area contributed by atoms with Crippen molar-refractivity contribution >= 4 is 5.91 Å². The first-order valence-electron chi connectivity index (χ1n) is 9.38. The van der Waals surface area contributed by atoms with Gasteiger partial charge in [-0.05, 0) is 31.2 Å². The Morgan fingerprint density at radius 2 is 1.89 bits per heavy atom. The molecule has 0 aliphatic carbocycles. The number of furan rings is 1. The third-order valence-electron chi connectivity index (χ3n) is 4.75. The van der Waals surface area contributed by atoms with Gasteiger partial charge in [-0.15, -0.1) is 0 Å². The normalized spacial score (nSPS) is 14.7. The number of aryl methyl sites for hydroxylation is 1. The summed E-state index contributed by atoms with van der Waals surface area (Å²) in [6.07, 6.45) is 5.18. The van der Waals surface area contributed by atoms with E-state index in [9.17, 15) is 4.79 Å². The van der Waals surface area contributed by atoms with Gasteiger partial charge in [0.2, 0.25) is 0 Å². The average molecular weight is 378 g/mol. The summed E-state index contributed by atoms with van der Waals surface area (Å²) in [6.45, 7) is 3.24. The Labute approximate surface area is 163 Å². The number of hydrogen-bond donors (Lipinski definition) is 0. The predicted molar refractivity (Wildman–Crippen MR) is 104 cm³/mol. The maximum absolute atomic E-state index is 12.7. The van der Waals surface area contributed by atoms with Gasteiger partial charge >= 0.3 is 0 Å². The fourth-order valence-electron chi connectivity index (χ4n) is 3.20. The summed E-state index contributed by atoms with van der Waals surface area (Å²) < 4.78 is 17.3. The van der Waals surface area contributed by atoms with Crippen molar-refractivity contribution in [2.24, 2.45) is 0 Å². The molecular formula is C22H22N2O4. The highest BCUT2D eigenvalue weighted by molar-refractivity contribution is 5.91. The molecule has 2 aromatic heterocycles. The summed E-state index contributed by atoms with van der Waals surface area (Å²) in [5.74, 6) is 1.99. The van der Waals surface area contributed by atoms with Gasteiger partial charge in [0.1, 0.15) is 17.6 Å². The fourth-order valence-corrected chi connectivity index (χ4v) is 3.20. The highest BCUT2D eigenvalue weighted by Crippen LogP contribution is 2.26. The first-order chi connectivity index (χ1) is 13.7. The van der Waals surface area contributed by atoms with Crippen LogP contribution in [0.4, 0.5) is 0 Å². The number of carbonyl (C=O) groups is 1. The molecule has 0 unspecified atom stereocenters. The van der Waals surface area contributed by atoms with Gasteiger partial charge < -0.3 is 18.8 Å². The van der Waals surface area contributed by atoms with E-state index in [1.807, 2.05) is 43.3 Å². The van der Waals surface area contributed by atoms with Gasteiger partial charge in [0, 0.05) is 50.0 Å². The fraction of sp³-hybridized carbons (Fsp3) is 0.273. The van der Waals surface area contributed by atoms with Crippen molar-refractivity contribution in [2.45, 2.75) is 25.9 Å². The molecule has 1 aromatic carbocycles. The van der Waals surface area contributed by atoms with Crippen molar-refractivity contribution in [3.63, 3.8) is 0 Å². The molecule has 0 saturated carbocycles. The Morgan fingerprint density at radius 3 is 2.64 bits per heavy atom. The minimum Gasteiger partial charge on any atom is -0.490 e. The van der Waals surface area contributed by atoms with Crippen LogP contribution in [-0.4, -0.2) is 35.0 Å². The molecule has 4 rings (SSSR count). The highest BCUT2D eigenvalue weighted by Gasteiger charge is 2.27. The van der Waals surface area contributed by atoms with E-state index in [1.54, 1.807) is 29.4 Å². The van der Waals surface area contributed by atoms with E-state index in [0.717, 1.165) is 24.2 Å². The van der Waals surface area contributed by atoms with Gasteiger partial charge in [-0.25, -0.2) is 0 Å². The number of amides is 1. The van der Waals surface area contributed by atoms with Crippen molar-refractivity contribution in [3.05, 3.63) is 72.2 Å². The summed E-state index contributed by atoms with van der Waals surface area (Å²) in [5, 5.41) is 0. The van der Waals surface area contributed by atoms with Crippen LogP contribution in [0.1, 0.15) is 29.0 Å². The predicted octanol–water partition coefficient (Wildman–Crippen LogP) is 4.46. The van der Waals surface area contributed by atoms with Crippen molar-refractivity contribution in [1.82, 2.24) is 9.88 Å². The Kier molecular flexibility index (Phi) is 5.28. The Bertz CT molecular complexity index is 930. The Balaban J connectivity index is 1.32. The molecule has 28 heavy (non-hydrogen) atoms. The molecule has 3 aromatic rings. The lowest BCUT2D eigenvalue weighted by atomic mass is 10.1.